The maximum Gasteiger partial charge on any atom is 0.315 e. The van der Waals surface area contributed by atoms with Gasteiger partial charge in [0.05, 0.1) is 32.6 Å². The predicted octanol–water partition coefficient (Wildman–Crippen LogP) is 2.79. The van der Waals surface area contributed by atoms with Crippen molar-refractivity contribution in [1.82, 2.24) is 10.6 Å². The Morgan fingerprint density at radius 3 is 2.61 bits per heavy atom. The Hall–Kier alpha value is -2.63. The third-order valence-electron chi connectivity index (χ3n) is 4.04. The number of carbonyl (C=O) groups excluding carboxylic acids is 1. The summed E-state index contributed by atoms with van der Waals surface area (Å²) >= 11 is 0. The summed E-state index contributed by atoms with van der Waals surface area (Å²) in [6.07, 6.45) is 3.38. The number of ether oxygens (including phenoxy) is 2. The number of benzene rings is 1. The first-order chi connectivity index (χ1) is 11.2. The van der Waals surface area contributed by atoms with Crippen LogP contribution in [0.3, 0.4) is 0 Å². The summed E-state index contributed by atoms with van der Waals surface area (Å²) in [5.41, 5.74) is 0.690. The fourth-order valence-corrected chi connectivity index (χ4v) is 2.59. The molecular formula is C17H20N2O4. The van der Waals surface area contributed by atoms with E-state index >= 15 is 0 Å². The molecule has 1 aliphatic rings. The van der Waals surface area contributed by atoms with Gasteiger partial charge in [-0.15, -0.1) is 0 Å². The predicted molar refractivity (Wildman–Crippen MR) is 84.5 cm³/mol. The molecule has 1 aliphatic carbocycles. The van der Waals surface area contributed by atoms with Gasteiger partial charge in [0, 0.05) is 0 Å². The topological polar surface area (TPSA) is 72.7 Å². The summed E-state index contributed by atoms with van der Waals surface area (Å²) in [5, 5.41) is 5.85. The third kappa shape index (κ3) is 3.26. The Balaban J connectivity index is 1.66. The summed E-state index contributed by atoms with van der Waals surface area (Å²) in [6, 6.07) is 9.13. The molecule has 3 rings (SSSR count). The summed E-state index contributed by atoms with van der Waals surface area (Å²) in [7, 11) is 3.20. The van der Waals surface area contributed by atoms with Crippen molar-refractivity contribution in [2.24, 2.45) is 0 Å². The van der Waals surface area contributed by atoms with E-state index in [-0.39, 0.29) is 11.6 Å². The minimum atomic E-state index is -0.327. The highest BCUT2D eigenvalue weighted by Gasteiger charge is 2.46. The average molecular weight is 316 g/mol. The van der Waals surface area contributed by atoms with Crippen molar-refractivity contribution in [3.63, 3.8) is 0 Å². The molecule has 1 aromatic carbocycles. The van der Waals surface area contributed by atoms with E-state index in [9.17, 15) is 4.79 Å². The lowest BCUT2D eigenvalue weighted by Gasteiger charge is -2.19. The highest BCUT2D eigenvalue weighted by atomic mass is 16.5. The highest BCUT2D eigenvalue weighted by Crippen LogP contribution is 2.47. The van der Waals surface area contributed by atoms with Gasteiger partial charge in [-0.2, -0.15) is 0 Å². The van der Waals surface area contributed by atoms with Crippen molar-refractivity contribution in [3.8, 4) is 11.5 Å². The summed E-state index contributed by atoms with van der Waals surface area (Å²) in [4.78, 5) is 12.1. The Morgan fingerprint density at radius 2 is 2.00 bits per heavy atom. The average Bonchev–Trinajstić information content (AvgIpc) is 3.16. The molecule has 0 saturated heterocycles. The van der Waals surface area contributed by atoms with E-state index in [0.717, 1.165) is 24.2 Å². The smallest absolute Gasteiger partial charge is 0.315 e. The third-order valence-corrected chi connectivity index (χ3v) is 4.04. The maximum atomic E-state index is 12.1. The molecule has 2 N–H and O–H groups in total. The van der Waals surface area contributed by atoms with Crippen molar-refractivity contribution in [2.75, 3.05) is 14.2 Å². The van der Waals surface area contributed by atoms with Crippen LogP contribution in [0.15, 0.2) is 41.0 Å². The standard InChI is InChI=1S/C17H20N2O4/c1-21-14-6-5-12(10-15(14)22-2)17(7-8-17)19-16(20)18-11-13-4-3-9-23-13/h3-6,9-10H,7-8,11H2,1-2H3,(H2,18,19,20). The molecule has 0 unspecified atom stereocenters. The molecule has 6 nitrogen and oxygen atoms in total. The number of methoxy groups -OCH3 is 2. The van der Waals surface area contributed by atoms with Crippen LogP contribution in [-0.2, 0) is 12.1 Å². The number of nitrogens with one attached hydrogen (secondary N) is 2. The van der Waals surface area contributed by atoms with Gasteiger partial charge in [-0.3, -0.25) is 0 Å². The van der Waals surface area contributed by atoms with E-state index in [4.69, 9.17) is 13.9 Å². The van der Waals surface area contributed by atoms with E-state index in [1.165, 1.54) is 0 Å². The molecular weight excluding hydrogens is 296 g/mol. The zero-order valence-corrected chi connectivity index (χ0v) is 13.2. The molecule has 6 heteroatoms. The Morgan fingerprint density at radius 1 is 1.22 bits per heavy atom. The molecule has 2 aromatic rings. The van der Waals surface area contributed by atoms with E-state index in [1.54, 1.807) is 26.5 Å². The van der Waals surface area contributed by atoms with Gasteiger partial charge in [0.25, 0.3) is 0 Å². The number of rotatable bonds is 6. The quantitative estimate of drug-likeness (QED) is 0.859. The molecule has 1 saturated carbocycles. The first-order valence-electron chi connectivity index (χ1n) is 7.48. The molecule has 1 aromatic heterocycles. The largest absolute Gasteiger partial charge is 0.493 e. The molecule has 2 amide bonds. The van der Waals surface area contributed by atoms with Gasteiger partial charge in [-0.1, -0.05) is 6.07 Å². The number of carbonyl (C=O) groups is 1. The fraction of sp³-hybridized carbons (Fsp3) is 0.353. The van der Waals surface area contributed by atoms with Gasteiger partial charge in [-0.25, -0.2) is 4.79 Å². The number of urea groups is 1. The first-order valence-corrected chi connectivity index (χ1v) is 7.48. The lowest BCUT2D eigenvalue weighted by Crippen LogP contribution is -2.41. The van der Waals surface area contributed by atoms with Crippen LogP contribution >= 0.6 is 0 Å². The lowest BCUT2D eigenvalue weighted by molar-refractivity contribution is 0.234. The monoisotopic (exact) mass is 316 g/mol. The van der Waals surface area contributed by atoms with Crippen LogP contribution in [0.1, 0.15) is 24.2 Å². The van der Waals surface area contributed by atoms with Crippen LogP contribution < -0.4 is 20.1 Å². The Labute approximate surface area is 134 Å². The minimum Gasteiger partial charge on any atom is -0.493 e. The molecule has 1 heterocycles. The first kappa shape index (κ1) is 15.3. The van der Waals surface area contributed by atoms with Crippen molar-refractivity contribution in [3.05, 3.63) is 47.9 Å². The second-order valence-corrected chi connectivity index (χ2v) is 5.54. The molecule has 0 aliphatic heterocycles. The van der Waals surface area contributed by atoms with Gasteiger partial charge >= 0.3 is 6.03 Å². The summed E-state index contributed by atoms with van der Waals surface area (Å²) in [5.74, 6) is 2.06. The molecule has 1 fully saturated rings. The summed E-state index contributed by atoms with van der Waals surface area (Å²) in [6.45, 7) is 0.362. The van der Waals surface area contributed by atoms with Crippen molar-refractivity contribution >= 4 is 6.03 Å². The van der Waals surface area contributed by atoms with Gasteiger partial charge in [0.1, 0.15) is 5.76 Å². The number of hydrogen-bond acceptors (Lipinski definition) is 4. The van der Waals surface area contributed by atoms with Gasteiger partial charge in [-0.05, 0) is 42.7 Å². The molecule has 0 bridgehead atoms. The minimum absolute atomic E-state index is 0.214. The summed E-state index contributed by atoms with van der Waals surface area (Å²) < 4.78 is 15.8. The van der Waals surface area contributed by atoms with E-state index in [2.05, 4.69) is 10.6 Å². The second-order valence-electron chi connectivity index (χ2n) is 5.54. The number of hydrogen-bond donors (Lipinski definition) is 2. The van der Waals surface area contributed by atoms with Crippen LogP contribution in [0.5, 0.6) is 11.5 Å². The van der Waals surface area contributed by atoms with Crippen LogP contribution in [0.25, 0.3) is 0 Å². The van der Waals surface area contributed by atoms with Crippen LogP contribution in [0.2, 0.25) is 0 Å². The molecule has 0 atom stereocenters. The van der Waals surface area contributed by atoms with Crippen LogP contribution in [0, 0.1) is 0 Å². The van der Waals surface area contributed by atoms with Crippen molar-refractivity contribution in [1.29, 1.82) is 0 Å². The number of furan rings is 1. The van der Waals surface area contributed by atoms with Crippen LogP contribution in [0.4, 0.5) is 4.79 Å². The Kier molecular flexibility index (Phi) is 4.14. The fourth-order valence-electron chi connectivity index (χ4n) is 2.59. The van der Waals surface area contributed by atoms with E-state index < -0.39 is 0 Å². The van der Waals surface area contributed by atoms with Gasteiger partial charge in [0.15, 0.2) is 11.5 Å². The van der Waals surface area contributed by atoms with E-state index in [0.29, 0.717) is 18.0 Å². The highest BCUT2D eigenvalue weighted by molar-refractivity contribution is 5.75. The van der Waals surface area contributed by atoms with Crippen LogP contribution in [-0.4, -0.2) is 20.3 Å². The second kappa shape index (κ2) is 6.24. The zero-order chi connectivity index (χ0) is 16.3. The molecule has 0 spiro atoms. The normalized spacial score (nSPS) is 14.9. The molecule has 23 heavy (non-hydrogen) atoms. The van der Waals surface area contributed by atoms with Gasteiger partial charge < -0.3 is 24.5 Å². The molecule has 122 valence electrons. The van der Waals surface area contributed by atoms with Crippen molar-refractivity contribution < 1.29 is 18.7 Å². The maximum absolute atomic E-state index is 12.1. The van der Waals surface area contributed by atoms with Gasteiger partial charge in [0.2, 0.25) is 0 Å². The molecule has 0 radical (unpaired) electrons. The number of amides is 2. The SMILES string of the molecule is COc1ccc(C2(NC(=O)NCc3ccco3)CC2)cc1OC. The Bertz CT molecular complexity index is 678. The van der Waals surface area contributed by atoms with E-state index in [1.807, 2.05) is 24.3 Å². The lowest BCUT2D eigenvalue weighted by atomic mass is 10.0. The zero-order valence-electron chi connectivity index (χ0n) is 13.2. The van der Waals surface area contributed by atoms with Crippen molar-refractivity contribution in [2.45, 2.75) is 24.9 Å².